The highest BCUT2D eigenvalue weighted by Gasteiger charge is 2.25. The molecule has 0 saturated carbocycles. The zero-order chi connectivity index (χ0) is 18.6. The van der Waals surface area contributed by atoms with Crippen LogP contribution in [-0.2, 0) is 21.0 Å². The molecule has 0 unspecified atom stereocenters. The lowest BCUT2D eigenvalue weighted by Gasteiger charge is -2.11. The molecule has 0 spiro atoms. The van der Waals surface area contributed by atoms with Crippen LogP contribution in [0.3, 0.4) is 0 Å². The highest BCUT2D eigenvalue weighted by atomic mass is 35.5. The van der Waals surface area contributed by atoms with Gasteiger partial charge in [-0.25, -0.2) is 13.2 Å². The molecule has 0 fully saturated rings. The number of sulfone groups is 1. The highest BCUT2D eigenvalue weighted by Crippen LogP contribution is 2.27. The van der Waals surface area contributed by atoms with Crippen molar-refractivity contribution in [1.29, 1.82) is 0 Å². The van der Waals surface area contributed by atoms with Crippen LogP contribution in [0.25, 0.3) is 0 Å². The molecule has 2 rings (SSSR count). The number of nitrogens with two attached hydrogens (primary N) is 1. The van der Waals surface area contributed by atoms with Gasteiger partial charge in [0.05, 0.1) is 22.0 Å². The lowest BCUT2D eigenvalue weighted by atomic mass is 10.1. The number of benzene rings is 2. The zero-order valence-electron chi connectivity index (χ0n) is 14.0. The van der Waals surface area contributed by atoms with Gasteiger partial charge in [0.25, 0.3) is 0 Å². The van der Waals surface area contributed by atoms with E-state index in [2.05, 4.69) is 0 Å². The molecule has 0 saturated heterocycles. The Morgan fingerprint density at radius 3 is 2.40 bits per heavy atom. The molecule has 1 atom stereocenters. The number of carbonyl (C=O) groups excluding carboxylic acids is 1. The molecule has 5 nitrogen and oxygen atoms in total. The van der Waals surface area contributed by atoms with Gasteiger partial charge in [-0.15, -0.1) is 0 Å². The van der Waals surface area contributed by atoms with Crippen molar-refractivity contribution in [3.63, 3.8) is 0 Å². The molecule has 2 aromatic rings. The number of esters is 1. The van der Waals surface area contributed by atoms with E-state index in [0.717, 1.165) is 5.56 Å². The first-order valence-electron chi connectivity index (χ1n) is 7.82. The van der Waals surface area contributed by atoms with E-state index in [0.29, 0.717) is 6.42 Å². The third-order valence-corrected chi connectivity index (χ3v) is 5.58. The monoisotopic (exact) mass is 381 g/mol. The van der Waals surface area contributed by atoms with Gasteiger partial charge in [-0.2, -0.15) is 0 Å². The summed E-state index contributed by atoms with van der Waals surface area (Å²) in [5.74, 6) is -0.725. The fraction of sp³-hybridized carbons (Fsp3) is 0.278. The Morgan fingerprint density at radius 1 is 1.20 bits per heavy atom. The molecule has 0 amide bonds. The van der Waals surface area contributed by atoms with Crippen molar-refractivity contribution < 1.29 is 17.9 Å². The second-order valence-corrected chi connectivity index (χ2v) is 8.04. The van der Waals surface area contributed by atoms with E-state index in [1.807, 2.05) is 6.92 Å². The van der Waals surface area contributed by atoms with E-state index in [9.17, 15) is 13.2 Å². The standard InChI is InChI=1S/C18H20ClNO4S/c1-3-24-18(21)16-11-14(19)6-9-17(16)25(22,23)15-7-4-13(5-8-15)10-12(2)20/h4-9,11-12H,3,10,20H2,1-2H3/t12-/m1/s1. The van der Waals surface area contributed by atoms with Crippen molar-refractivity contribution in [3.8, 4) is 0 Å². The van der Waals surface area contributed by atoms with Crippen LogP contribution in [0, 0.1) is 0 Å². The van der Waals surface area contributed by atoms with Crippen LogP contribution in [0.1, 0.15) is 29.8 Å². The first kappa shape index (κ1) is 19.4. The number of hydrogen-bond donors (Lipinski definition) is 1. The van der Waals surface area contributed by atoms with E-state index in [-0.39, 0.29) is 33.0 Å². The van der Waals surface area contributed by atoms with Crippen molar-refractivity contribution in [3.05, 3.63) is 58.6 Å². The average molecular weight is 382 g/mol. The topological polar surface area (TPSA) is 86.5 Å². The van der Waals surface area contributed by atoms with Gasteiger partial charge < -0.3 is 10.5 Å². The minimum Gasteiger partial charge on any atom is -0.462 e. The summed E-state index contributed by atoms with van der Waals surface area (Å²) in [5.41, 5.74) is 6.62. The van der Waals surface area contributed by atoms with Crippen molar-refractivity contribution in [2.45, 2.75) is 36.1 Å². The van der Waals surface area contributed by atoms with E-state index in [1.165, 1.54) is 30.3 Å². The quantitative estimate of drug-likeness (QED) is 0.776. The summed E-state index contributed by atoms with van der Waals surface area (Å²) in [6.45, 7) is 3.66. The molecular weight excluding hydrogens is 362 g/mol. The summed E-state index contributed by atoms with van der Waals surface area (Å²) in [4.78, 5) is 12.1. The highest BCUT2D eigenvalue weighted by molar-refractivity contribution is 7.91. The maximum Gasteiger partial charge on any atom is 0.339 e. The number of halogens is 1. The maximum absolute atomic E-state index is 12.9. The van der Waals surface area contributed by atoms with E-state index >= 15 is 0 Å². The van der Waals surface area contributed by atoms with Gasteiger partial charge in [0.2, 0.25) is 9.84 Å². The second-order valence-electron chi connectivity index (χ2n) is 5.69. The normalized spacial score (nSPS) is 12.6. The van der Waals surface area contributed by atoms with Gasteiger partial charge in [0.1, 0.15) is 0 Å². The van der Waals surface area contributed by atoms with E-state index in [1.54, 1.807) is 19.1 Å². The van der Waals surface area contributed by atoms with Gasteiger partial charge in [0, 0.05) is 11.1 Å². The predicted octanol–water partition coefficient (Wildman–Crippen LogP) is 3.24. The molecule has 0 aliphatic rings. The van der Waals surface area contributed by atoms with E-state index in [4.69, 9.17) is 22.1 Å². The largest absolute Gasteiger partial charge is 0.462 e. The molecule has 2 N–H and O–H groups in total. The predicted molar refractivity (Wildman–Crippen MR) is 96.7 cm³/mol. The van der Waals surface area contributed by atoms with Crippen LogP contribution < -0.4 is 5.73 Å². The summed E-state index contributed by atoms with van der Waals surface area (Å²) in [5, 5.41) is 0.259. The third-order valence-electron chi connectivity index (χ3n) is 3.52. The van der Waals surface area contributed by atoms with Crippen molar-refractivity contribution in [1.82, 2.24) is 0 Å². The van der Waals surface area contributed by atoms with Gasteiger partial charge >= 0.3 is 5.97 Å². The molecule has 7 heteroatoms. The Morgan fingerprint density at radius 2 is 1.84 bits per heavy atom. The van der Waals surface area contributed by atoms with Gasteiger partial charge in [-0.05, 0) is 56.2 Å². The summed E-state index contributed by atoms with van der Waals surface area (Å²) >= 11 is 5.91. The van der Waals surface area contributed by atoms with Crippen LogP contribution in [0.4, 0.5) is 0 Å². The average Bonchev–Trinajstić information content (AvgIpc) is 2.54. The maximum atomic E-state index is 12.9. The number of ether oxygens (including phenoxy) is 1. The molecule has 25 heavy (non-hydrogen) atoms. The van der Waals surface area contributed by atoms with E-state index < -0.39 is 15.8 Å². The molecule has 2 aromatic carbocycles. The molecule has 0 bridgehead atoms. The third kappa shape index (κ3) is 4.60. The Balaban J connectivity index is 2.47. The number of hydrogen-bond acceptors (Lipinski definition) is 5. The lowest BCUT2D eigenvalue weighted by molar-refractivity contribution is 0.0522. The molecule has 0 aliphatic carbocycles. The van der Waals surface area contributed by atoms with Crippen LogP contribution in [-0.4, -0.2) is 27.0 Å². The number of rotatable bonds is 6. The fourth-order valence-corrected chi connectivity index (χ4v) is 4.01. The summed E-state index contributed by atoms with van der Waals surface area (Å²) in [6, 6.07) is 10.5. The minimum atomic E-state index is -3.89. The van der Waals surface area contributed by atoms with Crippen molar-refractivity contribution >= 4 is 27.4 Å². The van der Waals surface area contributed by atoms with Gasteiger partial charge in [-0.1, -0.05) is 23.7 Å². The summed E-state index contributed by atoms with van der Waals surface area (Å²) in [7, 11) is -3.89. The van der Waals surface area contributed by atoms with Crippen LogP contribution in [0.5, 0.6) is 0 Å². The van der Waals surface area contributed by atoms with Gasteiger partial charge in [-0.3, -0.25) is 0 Å². The molecule has 0 aromatic heterocycles. The van der Waals surface area contributed by atoms with Crippen LogP contribution in [0.2, 0.25) is 5.02 Å². The lowest BCUT2D eigenvalue weighted by Crippen LogP contribution is -2.17. The summed E-state index contributed by atoms with van der Waals surface area (Å²) < 4.78 is 30.8. The molecule has 0 radical (unpaired) electrons. The Bertz CT molecular complexity index is 861. The molecule has 0 aliphatic heterocycles. The van der Waals surface area contributed by atoms with Crippen LogP contribution >= 0.6 is 11.6 Å². The molecular formula is C18H20ClNO4S. The fourth-order valence-electron chi connectivity index (χ4n) is 2.41. The van der Waals surface area contributed by atoms with Gasteiger partial charge in [0.15, 0.2) is 0 Å². The second kappa shape index (κ2) is 7.99. The Labute approximate surface area is 152 Å². The number of carbonyl (C=O) groups is 1. The van der Waals surface area contributed by atoms with Crippen molar-refractivity contribution in [2.24, 2.45) is 5.73 Å². The first-order chi connectivity index (χ1) is 11.8. The SMILES string of the molecule is CCOC(=O)c1cc(Cl)ccc1S(=O)(=O)c1ccc(C[C@@H](C)N)cc1. The van der Waals surface area contributed by atoms with Crippen molar-refractivity contribution in [2.75, 3.05) is 6.61 Å². The Hall–Kier alpha value is -1.89. The molecule has 134 valence electrons. The zero-order valence-corrected chi connectivity index (χ0v) is 15.6. The van der Waals surface area contributed by atoms with Crippen LogP contribution in [0.15, 0.2) is 52.3 Å². The smallest absolute Gasteiger partial charge is 0.339 e. The summed E-state index contributed by atoms with van der Waals surface area (Å²) in [6.07, 6.45) is 0.648. The first-order valence-corrected chi connectivity index (χ1v) is 9.68. The minimum absolute atomic E-state index is 0.0193. The Kier molecular flexibility index (Phi) is 6.21. The molecule has 0 heterocycles.